The van der Waals surface area contributed by atoms with Crippen molar-refractivity contribution in [2.45, 2.75) is 31.8 Å². The number of aliphatic hydroxyl groups is 1. The van der Waals surface area contributed by atoms with Crippen LogP contribution in [0.5, 0.6) is 0 Å². The van der Waals surface area contributed by atoms with Crippen molar-refractivity contribution in [3.8, 4) is 0 Å². The highest BCUT2D eigenvalue weighted by Crippen LogP contribution is 2.33. The molecular weight excluding hydrogens is 324 g/mol. The van der Waals surface area contributed by atoms with Crippen molar-refractivity contribution in [2.75, 3.05) is 33.2 Å². The van der Waals surface area contributed by atoms with Gasteiger partial charge >= 0.3 is 0 Å². The van der Waals surface area contributed by atoms with Crippen LogP contribution in [0, 0.1) is 11.8 Å². The van der Waals surface area contributed by atoms with Gasteiger partial charge < -0.3 is 14.9 Å². The van der Waals surface area contributed by atoms with Gasteiger partial charge in [-0.1, -0.05) is 29.8 Å². The Balaban J connectivity index is 1.54. The minimum Gasteiger partial charge on any atom is -0.378 e. The van der Waals surface area contributed by atoms with Crippen LogP contribution in [0.3, 0.4) is 0 Å². The number of carbonyl (C=O) groups excluding carboxylic acids is 1. The summed E-state index contributed by atoms with van der Waals surface area (Å²) < 4.78 is 0. The molecule has 3 rings (SSSR count). The average molecular weight is 351 g/mol. The van der Waals surface area contributed by atoms with Crippen molar-refractivity contribution in [1.82, 2.24) is 9.80 Å². The van der Waals surface area contributed by atoms with Gasteiger partial charge in [0, 0.05) is 23.7 Å². The molecule has 4 nitrogen and oxygen atoms in total. The topological polar surface area (TPSA) is 43.8 Å². The number of piperidine rings is 2. The third kappa shape index (κ3) is 3.93. The zero-order chi connectivity index (χ0) is 17.1. The molecule has 0 spiro atoms. The summed E-state index contributed by atoms with van der Waals surface area (Å²) in [4.78, 5) is 16.8. The number of benzene rings is 1. The monoisotopic (exact) mass is 350 g/mol. The van der Waals surface area contributed by atoms with Gasteiger partial charge in [0.2, 0.25) is 0 Å². The smallest absolute Gasteiger partial charge is 0.256 e. The summed E-state index contributed by atoms with van der Waals surface area (Å²) in [6.07, 6.45) is 3.50. The predicted octanol–water partition coefficient (Wildman–Crippen LogP) is 2.95. The molecule has 0 radical (unpaired) electrons. The fourth-order valence-electron chi connectivity index (χ4n) is 4.09. The van der Waals surface area contributed by atoms with Crippen LogP contribution in [0.2, 0.25) is 5.02 Å². The molecule has 5 heteroatoms. The molecule has 0 bridgehead atoms. The largest absolute Gasteiger partial charge is 0.378 e. The molecule has 0 aliphatic carbocycles. The SMILES string of the molecule is CN1CCC(C2CCN(C(=O)[C@@H](O)c3ccccc3Cl)CC2)CC1. The Kier molecular flexibility index (Phi) is 5.80. The lowest BCUT2D eigenvalue weighted by molar-refractivity contribution is -0.142. The normalized spacial score (nSPS) is 22.5. The summed E-state index contributed by atoms with van der Waals surface area (Å²) >= 11 is 6.10. The van der Waals surface area contributed by atoms with Gasteiger partial charge in [-0.3, -0.25) is 4.79 Å². The molecule has 1 N–H and O–H groups in total. The number of aliphatic hydroxyl groups excluding tert-OH is 1. The van der Waals surface area contributed by atoms with Gasteiger partial charge in [-0.25, -0.2) is 0 Å². The van der Waals surface area contributed by atoms with Crippen LogP contribution in [-0.2, 0) is 4.79 Å². The lowest BCUT2D eigenvalue weighted by Crippen LogP contribution is -2.43. The molecule has 24 heavy (non-hydrogen) atoms. The third-order valence-electron chi connectivity index (χ3n) is 5.71. The van der Waals surface area contributed by atoms with Gasteiger partial charge in [0.15, 0.2) is 6.10 Å². The number of nitrogens with zero attached hydrogens (tertiary/aromatic N) is 2. The molecule has 0 aromatic heterocycles. The van der Waals surface area contributed by atoms with E-state index in [1.807, 2.05) is 0 Å². The predicted molar refractivity (Wildman–Crippen MR) is 95.9 cm³/mol. The molecule has 1 aromatic carbocycles. The van der Waals surface area contributed by atoms with Crippen molar-refractivity contribution in [2.24, 2.45) is 11.8 Å². The highest BCUT2D eigenvalue weighted by atomic mass is 35.5. The Bertz CT molecular complexity index is 564. The van der Waals surface area contributed by atoms with E-state index in [1.54, 1.807) is 29.2 Å². The fourth-order valence-corrected chi connectivity index (χ4v) is 4.33. The number of carbonyl (C=O) groups is 1. The second kappa shape index (κ2) is 7.85. The second-order valence-corrected chi connectivity index (χ2v) is 7.63. The molecule has 1 aromatic rings. The first-order valence-corrected chi connectivity index (χ1v) is 9.34. The summed E-state index contributed by atoms with van der Waals surface area (Å²) in [5.41, 5.74) is 0.501. The minimum absolute atomic E-state index is 0.218. The molecule has 2 saturated heterocycles. The summed E-state index contributed by atoms with van der Waals surface area (Å²) in [5.74, 6) is 1.30. The zero-order valence-corrected chi connectivity index (χ0v) is 15.1. The first-order valence-electron chi connectivity index (χ1n) is 8.96. The summed E-state index contributed by atoms with van der Waals surface area (Å²) in [5, 5.41) is 10.8. The van der Waals surface area contributed by atoms with E-state index in [1.165, 1.54) is 25.9 Å². The van der Waals surface area contributed by atoms with Crippen molar-refractivity contribution in [1.29, 1.82) is 0 Å². The van der Waals surface area contributed by atoms with E-state index in [2.05, 4.69) is 11.9 Å². The molecule has 2 aliphatic heterocycles. The Morgan fingerprint density at radius 2 is 1.62 bits per heavy atom. The number of halogens is 1. The van der Waals surface area contributed by atoms with E-state index in [4.69, 9.17) is 11.6 Å². The fraction of sp³-hybridized carbons (Fsp3) is 0.632. The van der Waals surface area contributed by atoms with E-state index in [0.29, 0.717) is 10.6 Å². The highest BCUT2D eigenvalue weighted by molar-refractivity contribution is 6.31. The van der Waals surface area contributed by atoms with E-state index in [-0.39, 0.29) is 5.91 Å². The molecule has 0 unspecified atom stereocenters. The van der Waals surface area contributed by atoms with Crippen molar-refractivity contribution < 1.29 is 9.90 Å². The lowest BCUT2D eigenvalue weighted by atomic mass is 9.79. The van der Waals surface area contributed by atoms with Crippen LogP contribution in [0.25, 0.3) is 0 Å². The van der Waals surface area contributed by atoms with Crippen LogP contribution in [0.15, 0.2) is 24.3 Å². The van der Waals surface area contributed by atoms with Crippen LogP contribution < -0.4 is 0 Å². The number of amides is 1. The molecule has 2 fully saturated rings. The molecule has 1 atom stereocenters. The van der Waals surface area contributed by atoms with E-state index < -0.39 is 6.10 Å². The second-order valence-electron chi connectivity index (χ2n) is 7.23. The van der Waals surface area contributed by atoms with Gasteiger partial charge in [-0.05, 0) is 63.7 Å². The van der Waals surface area contributed by atoms with Crippen molar-refractivity contribution in [3.63, 3.8) is 0 Å². The minimum atomic E-state index is -1.15. The Morgan fingerprint density at radius 1 is 1.08 bits per heavy atom. The Hall–Kier alpha value is -1.10. The van der Waals surface area contributed by atoms with Gasteiger partial charge in [-0.15, -0.1) is 0 Å². The standard InChI is InChI=1S/C19H27ClN2O2/c1-21-10-6-14(7-11-21)15-8-12-22(13-9-15)19(24)18(23)16-4-2-3-5-17(16)20/h2-5,14-15,18,23H,6-13H2,1H3/t18-/m0/s1. The van der Waals surface area contributed by atoms with Crippen molar-refractivity contribution in [3.05, 3.63) is 34.9 Å². The van der Waals surface area contributed by atoms with Gasteiger partial charge in [0.05, 0.1) is 0 Å². The van der Waals surface area contributed by atoms with E-state index in [9.17, 15) is 9.90 Å². The molecule has 1 amide bonds. The molecule has 2 heterocycles. The number of hydrogen-bond donors (Lipinski definition) is 1. The van der Waals surface area contributed by atoms with Crippen LogP contribution >= 0.6 is 11.6 Å². The molecule has 0 saturated carbocycles. The van der Waals surface area contributed by atoms with Crippen LogP contribution in [0.4, 0.5) is 0 Å². The van der Waals surface area contributed by atoms with Gasteiger partial charge in [0.25, 0.3) is 5.91 Å². The average Bonchev–Trinajstić information content (AvgIpc) is 2.62. The van der Waals surface area contributed by atoms with E-state index >= 15 is 0 Å². The molecule has 132 valence electrons. The maximum Gasteiger partial charge on any atom is 0.256 e. The summed E-state index contributed by atoms with van der Waals surface area (Å²) in [7, 11) is 2.19. The Morgan fingerprint density at radius 3 is 2.21 bits per heavy atom. The van der Waals surface area contributed by atoms with Gasteiger partial charge in [-0.2, -0.15) is 0 Å². The first-order chi connectivity index (χ1) is 11.6. The molecular formula is C19H27ClN2O2. The summed E-state index contributed by atoms with van der Waals surface area (Å²) in [6, 6.07) is 7.02. The van der Waals surface area contributed by atoms with Crippen LogP contribution in [0.1, 0.15) is 37.4 Å². The maximum atomic E-state index is 12.6. The Labute approximate surface area is 149 Å². The summed E-state index contributed by atoms with van der Waals surface area (Å²) in [6.45, 7) is 3.87. The van der Waals surface area contributed by atoms with Crippen molar-refractivity contribution >= 4 is 17.5 Å². The molecule has 2 aliphatic rings. The quantitative estimate of drug-likeness (QED) is 0.911. The first kappa shape index (κ1) is 17.7. The number of hydrogen-bond acceptors (Lipinski definition) is 3. The zero-order valence-electron chi connectivity index (χ0n) is 14.3. The van der Waals surface area contributed by atoms with Gasteiger partial charge in [0.1, 0.15) is 0 Å². The third-order valence-corrected chi connectivity index (χ3v) is 6.06. The maximum absolute atomic E-state index is 12.6. The van der Waals surface area contributed by atoms with Crippen LogP contribution in [-0.4, -0.2) is 54.0 Å². The lowest BCUT2D eigenvalue weighted by Gasteiger charge is -2.39. The number of rotatable bonds is 3. The van der Waals surface area contributed by atoms with E-state index in [0.717, 1.165) is 37.8 Å². The highest BCUT2D eigenvalue weighted by Gasteiger charge is 2.32. The number of likely N-dealkylation sites (tertiary alicyclic amines) is 2.